The monoisotopic (exact) mass is 350 g/mol. The van der Waals surface area contributed by atoms with Crippen LogP contribution in [-0.2, 0) is 12.0 Å². The van der Waals surface area contributed by atoms with Gasteiger partial charge in [-0.05, 0) is 63.2 Å². The van der Waals surface area contributed by atoms with Crippen LogP contribution in [0.25, 0.3) is 0 Å². The molecule has 3 heteroatoms. The van der Waals surface area contributed by atoms with Crippen molar-refractivity contribution in [2.24, 2.45) is 0 Å². The van der Waals surface area contributed by atoms with Crippen LogP contribution in [-0.4, -0.2) is 0 Å². The quantitative estimate of drug-likeness (QED) is 0.656. The molecule has 1 nitrogen and oxygen atoms in total. The second-order valence-corrected chi connectivity index (χ2v) is 6.65. The van der Waals surface area contributed by atoms with Crippen LogP contribution < -0.4 is 4.74 Å². The summed E-state index contributed by atoms with van der Waals surface area (Å²) in [4.78, 5) is 0. The van der Waals surface area contributed by atoms with Crippen molar-refractivity contribution in [2.45, 2.75) is 39.2 Å². The van der Waals surface area contributed by atoms with Gasteiger partial charge in [-0.2, -0.15) is 0 Å². The van der Waals surface area contributed by atoms with Crippen molar-refractivity contribution < 1.29 is 9.13 Å². The topological polar surface area (TPSA) is 9.23 Å². The highest BCUT2D eigenvalue weighted by atomic mass is 79.9. The number of hydrogen-bond donors (Lipinski definition) is 0. The number of benzene rings is 2. The highest BCUT2D eigenvalue weighted by Gasteiger charge is 2.17. The summed E-state index contributed by atoms with van der Waals surface area (Å²) in [5, 5.41) is 0. The molecule has 0 atom stereocenters. The van der Waals surface area contributed by atoms with Gasteiger partial charge in [-0.1, -0.05) is 39.0 Å². The van der Waals surface area contributed by atoms with Gasteiger partial charge in [0.2, 0.25) is 0 Å². The predicted octanol–water partition coefficient (Wildman–Crippen LogP) is 5.85. The van der Waals surface area contributed by atoms with Crippen LogP contribution in [0, 0.1) is 5.82 Å². The molecule has 2 rings (SSSR count). The van der Waals surface area contributed by atoms with E-state index in [0.717, 1.165) is 17.7 Å². The third-order valence-electron chi connectivity index (χ3n) is 3.91. The normalized spacial score (nSPS) is 11.5. The lowest BCUT2D eigenvalue weighted by atomic mass is 9.82. The van der Waals surface area contributed by atoms with E-state index in [2.05, 4.69) is 48.8 Å². The fourth-order valence-electron chi connectivity index (χ4n) is 2.00. The zero-order valence-electron chi connectivity index (χ0n) is 12.6. The number of halogens is 2. The van der Waals surface area contributed by atoms with Crippen molar-refractivity contribution >= 4 is 15.9 Å². The Balaban J connectivity index is 2.02. The minimum Gasteiger partial charge on any atom is -0.489 e. The predicted molar refractivity (Wildman–Crippen MR) is 88.2 cm³/mol. The third-order valence-corrected chi connectivity index (χ3v) is 4.52. The Morgan fingerprint density at radius 3 is 2.33 bits per heavy atom. The smallest absolute Gasteiger partial charge is 0.137 e. The number of ether oxygens (including phenoxy) is 1. The van der Waals surface area contributed by atoms with E-state index in [-0.39, 0.29) is 11.2 Å². The summed E-state index contributed by atoms with van der Waals surface area (Å²) in [5.74, 6) is 0.566. The molecule has 21 heavy (non-hydrogen) atoms. The van der Waals surface area contributed by atoms with Gasteiger partial charge in [0.15, 0.2) is 0 Å². The molecule has 0 aromatic heterocycles. The van der Waals surface area contributed by atoms with Gasteiger partial charge in [-0.15, -0.1) is 0 Å². The highest BCUT2D eigenvalue weighted by molar-refractivity contribution is 9.10. The van der Waals surface area contributed by atoms with Crippen LogP contribution in [0.15, 0.2) is 46.9 Å². The maximum absolute atomic E-state index is 13.2. The van der Waals surface area contributed by atoms with E-state index in [4.69, 9.17) is 4.74 Å². The molecule has 0 saturated heterocycles. The minimum atomic E-state index is -0.259. The van der Waals surface area contributed by atoms with E-state index in [1.54, 1.807) is 12.1 Å². The molecule has 2 aromatic carbocycles. The van der Waals surface area contributed by atoms with Crippen molar-refractivity contribution in [3.63, 3.8) is 0 Å². The number of rotatable bonds is 5. The molecule has 0 amide bonds. The van der Waals surface area contributed by atoms with Crippen molar-refractivity contribution in [3.8, 4) is 5.75 Å². The van der Waals surface area contributed by atoms with Crippen LogP contribution in [0.2, 0.25) is 0 Å². The molecule has 0 saturated carbocycles. The van der Waals surface area contributed by atoms with Crippen molar-refractivity contribution in [3.05, 3.63) is 63.9 Å². The fraction of sp³-hybridized carbons (Fsp3) is 0.333. The van der Waals surface area contributed by atoms with Crippen molar-refractivity contribution in [1.29, 1.82) is 0 Å². The second-order valence-electron chi connectivity index (χ2n) is 5.80. The molecule has 0 fully saturated rings. The van der Waals surface area contributed by atoms with Gasteiger partial charge < -0.3 is 4.74 Å². The first-order valence-electron chi connectivity index (χ1n) is 7.09. The average Bonchev–Trinajstić information content (AvgIpc) is 2.49. The second kappa shape index (κ2) is 6.61. The van der Waals surface area contributed by atoms with Crippen LogP contribution >= 0.6 is 15.9 Å². The standard InChI is InChI=1S/C18H20BrFO/c1-4-18(2,3)14-6-8-15(9-7-14)21-12-13-5-10-17(20)16(19)11-13/h5-11H,4,12H2,1-3H3. The zero-order chi connectivity index (χ0) is 15.5. The molecular weight excluding hydrogens is 331 g/mol. The lowest BCUT2D eigenvalue weighted by Crippen LogP contribution is -2.15. The average molecular weight is 351 g/mol. The van der Waals surface area contributed by atoms with Gasteiger partial charge >= 0.3 is 0 Å². The Morgan fingerprint density at radius 1 is 1.10 bits per heavy atom. The summed E-state index contributed by atoms with van der Waals surface area (Å²) in [6.45, 7) is 7.09. The van der Waals surface area contributed by atoms with Gasteiger partial charge in [0, 0.05) is 0 Å². The van der Waals surface area contributed by atoms with Crippen LogP contribution in [0.3, 0.4) is 0 Å². The van der Waals surface area contributed by atoms with E-state index < -0.39 is 0 Å². The van der Waals surface area contributed by atoms with Crippen LogP contribution in [0.1, 0.15) is 38.3 Å². The van der Waals surface area contributed by atoms with E-state index in [0.29, 0.717) is 11.1 Å². The van der Waals surface area contributed by atoms with Gasteiger partial charge in [0.05, 0.1) is 4.47 Å². The molecule has 112 valence electrons. The molecular formula is C18H20BrFO. The molecule has 0 spiro atoms. The van der Waals surface area contributed by atoms with Gasteiger partial charge in [0.25, 0.3) is 0 Å². The maximum atomic E-state index is 13.2. The molecule has 0 aliphatic carbocycles. The fourth-order valence-corrected chi connectivity index (χ4v) is 2.43. The summed E-state index contributed by atoms with van der Waals surface area (Å²) in [5.41, 5.74) is 2.42. The molecule has 0 aliphatic heterocycles. The molecule has 0 bridgehead atoms. The summed E-state index contributed by atoms with van der Waals surface area (Å²) in [7, 11) is 0. The Labute approximate surface area is 134 Å². The Kier molecular flexibility index (Phi) is 5.04. The first-order valence-corrected chi connectivity index (χ1v) is 7.89. The Hall–Kier alpha value is -1.35. The summed E-state index contributed by atoms with van der Waals surface area (Å²) in [6.07, 6.45) is 1.09. The summed E-state index contributed by atoms with van der Waals surface area (Å²) < 4.78 is 19.4. The van der Waals surface area contributed by atoms with E-state index in [1.165, 1.54) is 11.6 Å². The maximum Gasteiger partial charge on any atom is 0.137 e. The first-order chi connectivity index (χ1) is 9.92. The SMILES string of the molecule is CCC(C)(C)c1ccc(OCc2ccc(F)c(Br)c2)cc1. The summed E-state index contributed by atoms with van der Waals surface area (Å²) in [6, 6.07) is 13.1. The van der Waals surface area contributed by atoms with Crippen LogP contribution in [0.4, 0.5) is 4.39 Å². The molecule has 0 aliphatic rings. The highest BCUT2D eigenvalue weighted by Crippen LogP contribution is 2.28. The Morgan fingerprint density at radius 2 is 1.76 bits per heavy atom. The largest absolute Gasteiger partial charge is 0.489 e. The van der Waals surface area contributed by atoms with E-state index >= 15 is 0 Å². The minimum absolute atomic E-state index is 0.181. The zero-order valence-corrected chi connectivity index (χ0v) is 14.2. The van der Waals surface area contributed by atoms with Crippen molar-refractivity contribution in [2.75, 3.05) is 0 Å². The molecule has 0 N–H and O–H groups in total. The van der Waals surface area contributed by atoms with Gasteiger partial charge in [-0.25, -0.2) is 4.39 Å². The molecule has 0 unspecified atom stereocenters. The van der Waals surface area contributed by atoms with Gasteiger partial charge in [0.1, 0.15) is 18.2 Å². The van der Waals surface area contributed by atoms with Gasteiger partial charge in [-0.3, -0.25) is 0 Å². The molecule has 0 heterocycles. The number of hydrogen-bond acceptors (Lipinski definition) is 1. The first kappa shape index (κ1) is 16.0. The molecule has 2 aromatic rings. The lowest BCUT2D eigenvalue weighted by molar-refractivity contribution is 0.305. The van der Waals surface area contributed by atoms with E-state index in [1.807, 2.05) is 12.1 Å². The van der Waals surface area contributed by atoms with E-state index in [9.17, 15) is 4.39 Å². The third kappa shape index (κ3) is 4.07. The summed E-state index contributed by atoms with van der Waals surface area (Å²) >= 11 is 3.18. The van der Waals surface area contributed by atoms with Crippen LogP contribution in [0.5, 0.6) is 5.75 Å². The molecule has 0 radical (unpaired) electrons. The van der Waals surface area contributed by atoms with Crippen molar-refractivity contribution in [1.82, 2.24) is 0 Å². The lowest BCUT2D eigenvalue weighted by Gasteiger charge is -2.23. The Bertz CT molecular complexity index is 605.